The molecule has 0 fully saturated rings. The molecule has 1 atom stereocenters. The first-order valence-electron chi connectivity index (χ1n) is 7.07. The van der Waals surface area contributed by atoms with Crippen LogP contribution in [0.3, 0.4) is 0 Å². The summed E-state index contributed by atoms with van der Waals surface area (Å²) in [6.45, 7) is 6.82. The lowest BCUT2D eigenvalue weighted by atomic mass is 9.87. The van der Waals surface area contributed by atoms with Gasteiger partial charge in [-0.2, -0.15) is 5.10 Å². The Morgan fingerprint density at radius 2 is 1.90 bits per heavy atom. The number of nitrogens with one attached hydrogen (secondary N) is 1. The van der Waals surface area contributed by atoms with Crippen LogP contribution in [-0.2, 0) is 12.5 Å². The molecule has 0 saturated heterocycles. The number of aryl methyl sites for hydroxylation is 1. The van der Waals surface area contributed by atoms with Gasteiger partial charge in [-0.05, 0) is 24.3 Å². The summed E-state index contributed by atoms with van der Waals surface area (Å²) in [6, 6.07) is 6.24. The van der Waals surface area contributed by atoms with E-state index < -0.39 is 0 Å². The molecule has 0 radical (unpaired) electrons. The maximum atomic E-state index is 13.0. The molecule has 2 aromatic rings. The van der Waals surface area contributed by atoms with E-state index >= 15 is 0 Å². The summed E-state index contributed by atoms with van der Waals surface area (Å²) in [7, 11) is 1.91. The van der Waals surface area contributed by atoms with Gasteiger partial charge in [0, 0.05) is 36.5 Å². The minimum absolute atomic E-state index is 0.0570. The van der Waals surface area contributed by atoms with Gasteiger partial charge in [0.05, 0.1) is 11.7 Å². The van der Waals surface area contributed by atoms with E-state index in [2.05, 4.69) is 31.2 Å². The number of nitrogens with zero attached hydrogens (tertiary/aromatic N) is 2. The Morgan fingerprint density at radius 1 is 1.29 bits per heavy atom. The highest BCUT2D eigenvalue weighted by atomic mass is 19.1. The fraction of sp³-hybridized carbons (Fsp3) is 0.438. The number of anilines is 1. The van der Waals surface area contributed by atoms with Crippen molar-refractivity contribution in [1.29, 1.82) is 0 Å². The molecule has 1 aromatic heterocycles. The van der Waals surface area contributed by atoms with Gasteiger partial charge in [-0.3, -0.25) is 4.68 Å². The average Bonchev–Trinajstić information content (AvgIpc) is 2.80. The summed E-state index contributed by atoms with van der Waals surface area (Å²) in [4.78, 5) is 0. The molecule has 0 aliphatic rings. The van der Waals surface area contributed by atoms with Crippen molar-refractivity contribution in [3.8, 4) is 0 Å². The van der Waals surface area contributed by atoms with Crippen LogP contribution in [0.25, 0.3) is 0 Å². The molecule has 3 N–H and O–H groups in total. The largest absolute Gasteiger partial charge is 0.377 e. The molecule has 114 valence electrons. The Balaban J connectivity index is 2.31. The second-order valence-corrected chi connectivity index (χ2v) is 6.30. The van der Waals surface area contributed by atoms with Crippen LogP contribution in [0.5, 0.6) is 0 Å². The van der Waals surface area contributed by atoms with E-state index in [4.69, 9.17) is 5.73 Å². The van der Waals surface area contributed by atoms with Gasteiger partial charge in [-0.15, -0.1) is 0 Å². The normalized spacial score (nSPS) is 13.2. The zero-order valence-electron chi connectivity index (χ0n) is 13.0. The number of halogens is 1. The molecule has 1 aromatic carbocycles. The van der Waals surface area contributed by atoms with Crippen molar-refractivity contribution in [3.63, 3.8) is 0 Å². The number of nitrogens with two attached hydrogens (primary N) is 1. The molecule has 0 amide bonds. The van der Waals surface area contributed by atoms with Crippen LogP contribution >= 0.6 is 0 Å². The predicted octanol–water partition coefficient (Wildman–Crippen LogP) is 2.97. The lowest BCUT2D eigenvalue weighted by Crippen LogP contribution is -2.24. The zero-order valence-corrected chi connectivity index (χ0v) is 13.0. The molecule has 1 unspecified atom stereocenters. The maximum Gasteiger partial charge on any atom is 0.123 e. The summed E-state index contributed by atoms with van der Waals surface area (Å²) >= 11 is 0. The van der Waals surface area contributed by atoms with Crippen molar-refractivity contribution in [2.45, 2.75) is 32.2 Å². The highest BCUT2D eigenvalue weighted by Gasteiger charge is 2.26. The van der Waals surface area contributed by atoms with Gasteiger partial charge in [0.15, 0.2) is 0 Å². The molecule has 0 bridgehead atoms. The highest BCUT2D eigenvalue weighted by molar-refractivity contribution is 5.46. The molecule has 0 aliphatic carbocycles. The zero-order chi connectivity index (χ0) is 15.6. The van der Waals surface area contributed by atoms with Crippen molar-refractivity contribution in [3.05, 3.63) is 47.5 Å². The fourth-order valence-electron chi connectivity index (χ4n) is 2.36. The van der Waals surface area contributed by atoms with Gasteiger partial charge in [0.2, 0.25) is 0 Å². The second-order valence-electron chi connectivity index (χ2n) is 6.30. The van der Waals surface area contributed by atoms with Crippen LogP contribution in [0.15, 0.2) is 30.5 Å². The number of aromatic nitrogens is 2. The second kappa shape index (κ2) is 5.85. The van der Waals surface area contributed by atoms with Crippen LogP contribution in [-0.4, -0.2) is 16.3 Å². The topological polar surface area (TPSA) is 55.9 Å². The van der Waals surface area contributed by atoms with Gasteiger partial charge in [-0.25, -0.2) is 4.39 Å². The Labute approximate surface area is 125 Å². The van der Waals surface area contributed by atoms with Crippen LogP contribution in [0.4, 0.5) is 10.1 Å². The van der Waals surface area contributed by atoms with Crippen LogP contribution < -0.4 is 11.1 Å². The third-order valence-electron chi connectivity index (χ3n) is 3.36. The summed E-state index contributed by atoms with van der Waals surface area (Å²) in [5, 5.41) is 7.92. The molecular weight excluding hydrogens is 267 g/mol. The highest BCUT2D eigenvalue weighted by Crippen LogP contribution is 2.29. The number of rotatable bonds is 4. The molecule has 0 aliphatic heterocycles. The number of hydrogen-bond donors (Lipinski definition) is 2. The predicted molar refractivity (Wildman–Crippen MR) is 83.7 cm³/mol. The number of hydrogen-bond acceptors (Lipinski definition) is 3. The smallest absolute Gasteiger partial charge is 0.123 e. The molecule has 4 nitrogen and oxygen atoms in total. The molecule has 2 rings (SSSR count). The van der Waals surface area contributed by atoms with Gasteiger partial charge in [-0.1, -0.05) is 20.8 Å². The van der Waals surface area contributed by atoms with E-state index in [0.717, 1.165) is 16.9 Å². The summed E-state index contributed by atoms with van der Waals surface area (Å²) in [5.41, 5.74) is 8.82. The first-order chi connectivity index (χ1) is 9.81. The molecule has 1 heterocycles. The van der Waals surface area contributed by atoms with Gasteiger partial charge in [0.25, 0.3) is 0 Å². The fourth-order valence-corrected chi connectivity index (χ4v) is 2.36. The quantitative estimate of drug-likeness (QED) is 0.910. The number of benzene rings is 1. The maximum absolute atomic E-state index is 13.0. The Bertz CT molecular complexity index is 596. The minimum Gasteiger partial charge on any atom is -0.377 e. The Kier molecular flexibility index (Phi) is 4.32. The average molecular weight is 290 g/mol. The lowest BCUT2D eigenvalue weighted by Gasteiger charge is -2.23. The van der Waals surface area contributed by atoms with Crippen molar-refractivity contribution >= 4 is 5.69 Å². The van der Waals surface area contributed by atoms with Crippen LogP contribution in [0.1, 0.15) is 38.1 Å². The van der Waals surface area contributed by atoms with Crippen molar-refractivity contribution < 1.29 is 4.39 Å². The standard InChI is InChI=1S/C16H23FN4/c1-16(2,3)15-13(10-21(4)20-15)14(9-18)19-12-7-5-11(17)6-8-12/h5-8,10,14,19H,9,18H2,1-4H3. The van der Waals surface area contributed by atoms with E-state index in [1.807, 2.05) is 17.9 Å². The molecule has 21 heavy (non-hydrogen) atoms. The van der Waals surface area contributed by atoms with Gasteiger partial charge < -0.3 is 11.1 Å². The molecule has 0 spiro atoms. The SMILES string of the molecule is Cn1cc(C(CN)Nc2ccc(F)cc2)c(C(C)(C)C)n1. The molecular formula is C16H23FN4. The third-order valence-corrected chi connectivity index (χ3v) is 3.36. The molecule has 5 heteroatoms. The van der Waals surface area contributed by atoms with Crippen LogP contribution in [0.2, 0.25) is 0 Å². The van der Waals surface area contributed by atoms with Crippen molar-refractivity contribution in [2.24, 2.45) is 12.8 Å². The monoisotopic (exact) mass is 290 g/mol. The van der Waals surface area contributed by atoms with Crippen molar-refractivity contribution in [2.75, 3.05) is 11.9 Å². The summed E-state index contributed by atoms with van der Waals surface area (Å²) in [5.74, 6) is -0.249. The van der Waals surface area contributed by atoms with E-state index in [9.17, 15) is 4.39 Å². The van der Waals surface area contributed by atoms with E-state index in [-0.39, 0.29) is 17.3 Å². The van der Waals surface area contributed by atoms with Crippen molar-refractivity contribution in [1.82, 2.24) is 9.78 Å². The van der Waals surface area contributed by atoms with E-state index in [0.29, 0.717) is 6.54 Å². The summed E-state index contributed by atoms with van der Waals surface area (Å²) in [6.07, 6.45) is 1.99. The van der Waals surface area contributed by atoms with Gasteiger partial charge in [0.1, 0.15) is 5.82 Å². The van der Waals surface area contributed by atoms with E-state index in [1.54, 1.807) is 12.1 Å². The lowest BCUT2D eigenvalue weighted by molar-refractivity contribution is 0.544. The first kappa shape index (κ1) is 15.5. The van der Waals surface area contributed by atoms with E-state index in [1.165, 1.54) is 12.1 Å². The van der Waals surface area contributed by atoms with Crippen LogP contribution in [0, 0.1) is 5.82 Å². The molecule has 0 saturated carbocycles. The first-order valence-corrected chi connectivity index (χ1v) is 7.07. The van der Waals surface area contributed by atoms with Gasteiger partial charge >= 0.3 is 0 Å². The Hall–Kier alpha value is -1.88. The Morgan fingerprint density at radius 3 is 2.43 bits per heavy atom. The summed E-state index contributed by atoms with van der Waals surface area (Å²) < 4.78 is 14.8. The minimum atomic E-state index is -0.249. The third kappa shape index (κ3) is 3.61.